The third-order valence-corrected chi connectivity index (χ3v) is 4.57. The van der Waals surface area contributed by atoms with Crippen LogP contribution in [-0.2, 0) is 11.3 Å². The maximum absolute atomic E-state index is 13.0. The van der Waals surface area contributed by atoms with Gasteiger partial charge in [0.05, 0.1) is 0 Å². The Morgan fingerprint density at radius 2 is 1.97 bits per heavy atom. The van der Waals surface area contributed by atoms with Crippen LogP contribution in [0, 0.1) is 19.8 Å². The van der Waals surface area contributed by atoms with E-state index in [9.17, 15) is 18.4 Å². The zero-order chi connectivity index (χ0) is 22.8. The van der Waals surface area contributed by atoms with Crippen molar-refractivity contribution in [3.63, 3.8) is 0 Å². The number of hydrogen-bond donors (Lipinski definition) is 1. The predicted octanol–water partition coefficient (Wildman–Crippen LogP) is 3.14. The molecule has 0 atom stereocenters. The largest absolute Gasteiger partial charge is 0.471 e. The zero-order valence-electron chi connectivity index (χ0n) is 17.9. The third kappa shape index (κ3) is 6.40. The molecule has 1 aliphatic rings. The number of nitrogens with one attached hydrogen (secondary N) is 1. The minimum Gasteiger partial charge on any atom is -0.471 e. The quantitative estimate of drug-likeness (QED) is 0.687. The molecule has 0 aromatic carbocycles. The van der Waals surface area contributed by atoms with Gasteiger partial charge in [0.15, 0.2) is 6.61 Å². The van der Waals surface area contributed by atoms with E-state index in [1.54, 1.807) is 33.0 Å². The molecule has 10 heteroatoms. The Bertz CT molecular complexity index is 989. The van der Waals surface area contributed by atoms with Crippen LogP contribution >= 0.6 is 0 Å². The van der Waals surface area contributed by atoms with Gasteiger partial charge < -0.3 is 9.64 Å². The molecule has 0 radical (unpaired) electrons. The van der Waals surface area contributed by atoms with Crippen LogP contribution in [0.4, 0.5) is 14.7 Å². The number of hydrogen-bond acceptors (Lipinski definition) is 6. The van der Waals surface area contributed by atoms with Gasteiger partial charge in [-0.1, -0.05) is 0 Å². The number of aryl methyl sites for hydroxylation is 2. The van der Waals surface area contributed by atoms with Crippen LogP contribution in [0.3, 0.4) is 0 Å². The van der Waals surface area contributed by atoms with Gasteiger partial charge in [0.1, 0.15) is 5.69 Å². The number of anilines is 1. The van der Waals surface area contributed by atoms with Crippen LogP contribution in [0.5, 0.6) is 5.88 Å². The number of halogens is 2. The first-order chi connectivity index (χ1) is 14.5. The Morgan fingerprint density at radius 3 is 2.58 bits per heavy atom. The summed E-state index contributed by atoms with van der Waals surface area (Å²) in [6, 6.07) is 3.28. The van der Waals surface area contributed by atoms with Crippen LogP contribution in [0.2, 0.25) is 0 Å². The van der Waals surface area contributed by atoms with Crippen LogP contribution in [0.15, 0.2) is 18.3 Å². The molecular formula is C21H25F2N5O3. The maximum Gasteiger partial charge on any atom is 0.278 e. The van der Waals surface area contributed by atoms with E-state index >= 15 is 0 Å². The molecule has 2 heterocycles. The first kappa shape index (κ1) is 22.5. The van der Waals surface area contributed by atoms with Gasteiger partial charge >= 0.3 is 0 Å². The van der Waals surface area contributed by atoms with Crippen molar-refractivity contribution in [1.29, 1.82) is 0 Å². The standard InChI is InChI=1S/C21H25F2N5O3/c1-12-7-14(9-24-18(12)31-11-21(3,22)23)10-28(4)19(30)16-8-13(2)25-20(26-16)27-17(29)15-5-6-15/h7-9,15H,5-6,10-11H2,1-4H3,(H,25,26,27,29). The second kappa shape index (κ2) is 8.91. The van der Waals surface area contributed by atoms with Crippen molar-refractivity contribution in [1.82, 2.24) is 19.9 Å². The molecule has 2 aromatic heterocycles. The van der Waals surface area contributed by atoms with Crippen LogP contribution in [0.25, 0.3) is 0 Å². The van der Waals surface area contributed by atoms with Crippen LogP contribution < -0.4 is 10.1 Å². The Kier molecular flexibility index (Phi) is 6.47. The third-order valence-electron chi connectivity index (χ3n) is 4.57. The number of amides is 2. The first-order valence-electron chi connectivity index (χ1n) is 9.90. The molecule has 0 spiro atoms. The molecule has 0 unspecified atom stereocenters. The number of aromatic nitrogens is 3. The Morgan fingerprint density at radius 1 is 1.26 bits per heavy atom. The Hall–Kier alpha value is -3.17. The lowest BCUT2D eigenvalue weighted by molar-refractivity contribution is -0.117. The number of nitrogens with zero attached hydrogens (tertiary/aromatic N) is 4. The molecule has 1 saturated carbocycles. The second-order valence-corrected chi connectivity index (χ2v) is 7.97. The van der Waals surface area contributed by atoms with Crippen LogP contribution in [-0.4, -0.2) is 51.2 Å². The van der Waals surface area contributed by atoms with E-state index in [4.69, 9.17) is 4.74 Å². The Labute approximate surface area is 179 Å². The van der Waals surface area contributed by atoms with Crippen molar-refractivity contribution in [3.8, 4) is 5.88 Å². The van der Waals surface area contributed by atoms with Crippen molar-refractivity contribution >= 4 is 17.8 Å². The SMILES string of the molecule is Cc1cc(C(=O)N(C)Cc2cnc(OCC(C)(F)F)c(C)c2)nc(NC(=O)C2CC2)n1. The highest BCUT2D eigenvalue weighted by molar-refractivity contribution is 5.95. The monoisotopic (exact) mass is 433 g/mol. The zero-order valence-corrected chi connectivity index (χ0v) is 17.9. The van der Waals surface area contributed by atoms with E-state index in [0.29, 0.717) is 16.8 Å². The highest BCUT2D eigenvalue weighted by Gasteiger charge is 2.30. The van der Waals surface area contributed by atoms with Gasteiger partial charge in [-0.05, 0) is 44.4 Å². The maximum atomic E-state index is 13.0. The molecule has 2 amide bonds. The van der Waals surface area contributed by atoms with Gasteiger partial charge in [-0.3, -0.25) is 14.9 Å². The molecule has 0 saturated heterocycles. The first-order valence-corrected chi connectivity index (χ1v) is 9.90. The van der Waals surface area contributed by atoms with Gasteiger partial charge in [-0.15, -0.1) is 0 Å². The normalized spacial score (nSPS) is 13.6. The van der Waals surface area contributed by atoms with Crippen molar-refractivity contribution in [2.75, 3.05) is 19.0 Å². The number of carbonyl (C=O) groups is 2. The van der Waals surface area contributed by atoms with E-state index in [1.165, 1.54) is 11.1 Å². The molecule has 31 heavy (non-hydrogen) atoms. The van der Waals surface area contributed by atoms with E-state index in [0.717, 1.165) is 19.8 Å². The topological polar surface area (TPSA) is 97.3 Å². The molecule has 1 fully saturated rings. The molecular weight excluding hydrogens is 408 g/mol. The lowest BCUT2D eigenvalue weighted by Crippen LogP contribution is -2.28. The molecule has 2 aromatic rings. The number of ether oxygens (including phenoxy) is 1. The summed E-state index contributed by atoms with van der Waals surface area (Å²) in [5, 5.41) is 2.66. The van der Waals surface area contributed by atoms with E-state index in [-0.39, 0.29) is 41.8 Å². The van der Waals surface area contributed by atoms with Gasteiger partial charge in [0.2, 0.25) is 17.7 Å². The summed E-state index contributed by atoms with van der Waals surface area (Å²) < 4.78 is 31.0. The summed E-state index contributed by atoms with van der Waals surface area (Å²) in [6.45, 7) is 3.66. The van der Waals surface area contributed by atoms with Crippen molar-refractivity contribution < 1.29 is 23.1 Å². The summed E-state index contributed by atoms with van der Waals surface area (Å²) in [5.74, 6) is -3.20. The molecule has 0 bridgehead atoms. The smallest absolute Gasteiger partial charge is 0.278 e. The number of carbonyl (C=O) groups excluding carboxylic acids is 2. The minimum atomic E-state index is -2.95. The lowest BCUT2D eigenvalue weighted by Gasteiger charge is -2.18. The molecule has 3 rings (SSSR count). The second-order valence-electron chi connectivity index (χ2n) is 7.97. The van der Waals surface area contributed by atoms with E-state index < -0.39 is 12.5 Å². The van der Waals surface area contributed by atoms with E-state index in [2.05, 4.69) is 20.3 Å². The summed E-state index contributed by atoms with van der Waals surface area (Å²) in [5.41, 5.74) is 2.02. The lowest BCUT2D eigenvalue weighted by atomic mass is 10.2. The molecule has 1 N–H and O–H groups in total. The van der Waals surface area contributed by atoms with Crippen molar-refractivity contribution in [2.24, 2.45) is 5.92 Å². The van der Waals surface area contributed by atoms with Crippen LogP contribution in [0.1, 0.15) is 47.1 Å². The molecule has 0 aliphatic heterocycles. The summed E-state index contributed by atoms with van der Waals surface area (Å²) in [4.78, 5) is 38.7. The number of pyridine rings is 1. The summed E-state index contributed by atoms with van der Waals surface area (Å²) >= 11 is 0. The number of alkyl halides is 2. The summed E-state index contributed by atoms with van der Waals surface area (Å²) in [7, 11) is 1.61. The van der Waals surface area contributed by atoms with E-state index in [1.807, 2.05) is 0 Å². The average Bonchev–Trinajstić information content (AvgIpc) is 3.51. The molecule has 8 nitrogen and oxygen atoms in total. The highest BCUT2D eigenvalue weighted by atomic mass is 19.3. The highest BCUT2D eigenvalue weighted by Crippen LogP contribution is 2.29. The van der Waals surface area contributed by atoms with Crippen molar-refractivity contribution in [3.05, 3.63) is 40.8 Å². The fourth-order valence-electron chi connectivity index (χ4n) is 2.89. The molecule has 166 valence electrons. The minimum absolute atomic E-state index is 0.00261. The average molecular weight is 433 g/mol. The predicted molar refractivity (Wildman–Crippen MR) is 109 cm³/mol. The van der Waals surface area contributed by atoms with Gasteiger partial charge in [-0.25, -0.2) is 23.7 Å². The fraction of sp³-hybridized carbons (Fsp3) is 0.476. The van der Waals surface area contributed by atoms with Gasteiger partial charge in [0.25, 0.3) is 11.8 Å². The molecule has 1 aliphatic carbocycles. The fourth-order valence-corrected chi connectivity index (χ4v) is 2.89. The van der Waals surface area contributed by atoms with Gasteiger partial charge in [0, 0.05) is 43.9 Å². The summed E-state index contributed by atoms with van der Waals surface area (Å²) in [6.07, 6.45) is 3.18. The van der Waals surface area contributed by atoms with Gasteiger partial charge in [-0.2, -0.15) is 0 Å². The Balaban J connectivity index is 1.66. The van der Waals surface area contributed by atoms with Crippen molar-refractivity contribution in [2.45, 2.75) is 46.1 Å². The number of rotatable bonds is 8.